The lowest BCUT2D eigenvalue weighted by atomic mass is 9.96. The molecule has 0 saturated carbocycles. The van der Waals surface area contributed by atoms with Gasteiger partial charge in [-0.15, -0.1) is 24.0 Å². The maximum Gasteiger partial charge on any atom is 0.416 e. The third kappa shape index (κ3) is 7.30. The van der Waals surface area contributed by atoms with Crippen LogP contribution in [0.25, 0.3) is 0 Å². The summed E-state index contributed by atoms with van der Waals surface area (Å²) < 4.78 is 48.9. The number of benzene rings is 2. The normalized spacial score (nSPS) is 12.7. The number of methoxy groups -OCH3 is 2. The van der Waals surface area contributed by atoms with Crippen LogP contribution in [-0.4, -0.2) is 26.7 Å². The summed E-state index contributed by atoms with van der Waals surface area (Å²) in [5.74, 6) is 1.28. The van der Waals surface area contributed by atoms with Gasteiger partial charge in [0.1, 0.15) is 0 Å². The lowest BCUT2D eigenvalue weighted by Crippen LogP contribution is -2.23. The Morgan fingerprint density at radius 2 is 1.79 bits per heavy atom. The number of nitrogens with zero attached hydrogens (tertiary/aromatic N) is 1. The van der Waals surface area contributed by atoms with Gasteiger partial charge in [0.05, 0.1) is 19.8 Å². The van der Waals surface area contributed by atoms with Crippen molar-refractivity contribution in [3.05, 3.63) is 53.6 Å². The second-order valence-corrected chi connectivity index (χ2v) is 6.27. The summed E-state index contributed by atoms with van der Waals surface area (Å²) in [6, 6.07) is 10.6. The van der Waals surface area contributed by atoms with E-state index in [9.17, 15) is 13.2 Å². The second kappa shape index (κ2) is 11.1. The zero-order valence-electron chi connectivity index (χ0n) is 16.4. The van der Waals surface area contributed by atoms with E-state index in [0.717, 1.165) is 6.07 Å². The molecule has 0 radical (unpaired) electrons. The highest BCUT2D eigenvalue weighted by atomic mass is 127. The molecule has 2 aromatic rings. The number of rotatable bonds is 7. The van der Waals surface area contributed by atoms with Gasteiger partial charge in [0, 0.05) is 18.3 Å². The quantitative estimate of drug-likeness (QED) is 0.295. The molecule has 2 rings (SSSR count). The number of ether oxygens (including phenoxy) is 2. The Hall–Kier alpha value is -2.17. The largest absolute Gasteiger partial charge is 0.493 e. The Labute approximate surface area is 185 Å². The van der Waals surface area contributed by atoms with Crippen molar-refractivity contribution < 1.29 is 22.6 Å². The summed E-state index contributed by atoms with van der Waals surface area (Å²) >= 11 is 0. The van der Waals surface area contributed by atoms with Crippen LogP contribution >= 0.6 is 24.0 Å². The zero-order chi connectivity index (χ0) is 20.7. The van der Waals surface area contributed by atoms with Crippen molar-refractivity contribution in [2.45, 2.75) is 25.4 Å². The fourth-order valence-electron chi connectivity index (χ4n) is 2.67. The molecule has 0 amide bonds. The molecule has 3 N–H and O–H groups in total. The van der Waals surface area contributed by atoms with Crippen molar-refractivity contribution >= 4 is 35.6 Å². The maximum absolute atomic E-state index is 12.8. The highest BCUT2D eigenvalue weighted by Crippen LogP contribution is 2.32. The fourth-order valence-corrected chi connectivity index (χ4v) is 2.67. The predicted molar refractivity (Wildman–Crippen MR) is 120 cm³/mol. The minimum atomic E-state index is -4.35. The van der Waals surface area contributed by atoms with Crippen LogP contribution in [0.5, 0.6) is 11.5 Å². The molecule has 0 aliphatic carbocycles. The number of alkyl halides is 3. The van der Waals surface area contributed by atoms with E-state index in [1.165, 1.54) is 19.2 Å². The molecule has 0 heterocycles. The number of nitrogens with one attached hydrogen (secondary N) is 1. The third-order valence-electron chi connectivity index (χ3n) is 4.28. The molecule has 9 heteroatoms. The van der Waals surface area contributed by atoms with Crippen molar-refractivity contribution in [2.24, 2.45) is 10.7 Å². The van der Waals surface area contributed by atoms with Crippen LogP contribution < -0.4 is 20.5 Å². The van der Waals surface area contributed by atoms with Gasteiger partial charge >= 0.3 is 6.18 Å². The van der Waals surface area contributed by atoms with E-state index in [4.69, 9.17) is 15.2 Å². The summed E-state index contributed by atoms with van der Waals surface area (Å²) in [6.45, 7) is 2.24. The highest BCUT2D eigenvalue weighted by Gasteiger charge is 2.30. The molecule has 1 unspecified atom stereocenters. The van der Waals surface area contributed by atoms with Crippen LogP contribution in [0.4, 0.5) is 18.9 Å². The van der Waals surface area contributed by atoms with Crippen molar-refractivity contribution in [3.8, 4) is 11.5 Å². The second-order valence-electron chi connectivity index (χ2n) is 6.27. The number of hydrogen-bond acceptors (Lipinski definition) is 3. The molecule has 0 saturated heterocycles. The van der Waals surface area contributed by atoms with Gasteiger partial charge < -0.3 is 20.5 Å². The van der Waals surface area contributed by atoms with Crippen molar-refractivity contribution in [2.75, 3.05) is 26.1 Å². The van der Waals surface area contributed by atoms with Crippen LogP contribution in [0.2, 0.25) is 0 Å². The number of halogens is 4. The van der Waals surface area contributed by atoms with E-state index in [0.29, 0.717) is 35.7 Å². The van der Waals surface area contributed by atoms with Gasteiger partial charge in [-0.3, -0.25) is 4.99 Å². The van der Waals surface area contributed by atoms with Crippen LogP contribution in [0, 0.1) is 0 Å². The Balaban J connectivity index is 0.00000420. The molecule has 0 spiro atoms. The molecule has 160 valence electrons. The minimum Gasteiger partial charge on any atom is -0.493 e. The number of nitrogens with two attached hydrogens (primary N) is 1. The first-order valence-electron chi connectivity index (χ1n) is 8.70. The number of aliphatic imine (C=N–C) groups is 1. The summed E-state index contributed by atoms with van der Waals surface area (Å²) in [6.07, 6.45) is -3.78. The highest BCUT2D eigenvalue weighted by molar-refractivity contribution is 14.0. The lowest BCUT2D eigenvalue weighted by Gasteiger charge is -2.14. The van der Waals surface area contributed by atoms with Gasteiger partial charge in [-0.1, -0.05) is 25.1 Å². The Morgan fingerprint density at radius 1 is 1.10 bits per heavy atom. The SMILES string of the molecule is COc1ccc(NC(N)=NCCC(C)c2cccc(C(F)(F)F)c2)cc1OC.I. The smallest absolute Gasteiger partial charge is 0.416 e. The molecule has 0 aliphatic heterocycles. The topological polar surface area (TPSA) is 68.9 Å². The standard InChI is InChI=1S/C20H24F3N3O2.HI/c1-13(14-5-4-6-15(11-14)20(21,22)23)9-10-25-19(24)26-16-7-8-17(27-2)18(12-16)28-3;/h4-8,11-13H,9-10H2,1-3H3,(H3,24,25,26);1H. The van der Waals surface area contributed by atoms with Crippen molar-refractivity contribution in [1.82, 2.24) is 0 Å². The molecule has 0 fully saturated rings. The van der Waals surface area contributed by atoms with Crippen molar-refractivity contribution in [3.63, 3.8) is 0 Å². The third-order valence-corrected chi connectivity index (χ3v) is 4.28. The molecule has 2 aromatic carbocycles. The van der Waals surface area contributed by atoms with Gasteiger partial charge in [0.15, 0.2) is 17.5 Å². The number of guanidine groups is 1. The Morgan fingerprint density at radius 3 is 2.41 bits per heavy atom. The summed E-state index contributed by atoms with van der Waals surface area (Å²) in [7, 11) is 3.08. The molecule has 0 aliphatic rings. The van der Waals surface area contributed by atoms with Crippen LogP contribution in [0.3, 0.4) is 0 Å². The van der Waals surface area contributed by atoms with Gasteiger partial charge in [0.2, 0.25) is 0 Å². The minimum absolute atomic E-state index is 0. The van der Waals surface area contributed by atoms with Gasteiger partial charge in [-0.25, -0.2) is 0 Å². The summed E-state index contributed by atoms with van der Waals surface area (Å²) in [5, 5.41) is 2.95. The lowest BCUT2D eigenvalue weighted by molar-refractivity contribution is -0.137. The first-order valence-corrected chi connectivity index (χ1v) is 8.70. The van der Waals surface area contributed by atoms with E-state index in [1.807, 2.05) is 6.92 Å². The van der Waals surface area contributed by atoms with Crippen LogP contribution in [-0.2, 0) is 6.18 Å². The fraction of sp³-hybridized carbons (Fsp3) is 0.350. The van der Waals surface area contributed by atoms with E-state index in [1.54, 1.807) is 31.4 Å². The van der Waals surface area contributed by atoms with E-state index in [-0.39, 0.29) is 35.9 Å². The average molecular weight is 523 g/mol. The first kappa shape index (κ1) is 24.9. The van der Waals surface area contributed by atoms with E-state index < -0.39 is 11.7 Å². The Kier molecular flexibility index (Phi) is 9.54. The van der Waals surface area contributed by atoms with Crippen LogP contribution in [0.15, 0.2) is 47.5 Å². The molecular formula is C20H25F3IN3O2. The summed E-state index contributed by atoms with van der Waals surface area (Å²) in [4.78, 5) is 4.24. The van der Waals surface area contributed by atoms with Gasteiger partial charge in [-0.2, -0.15) is 13.2 Å². The maximum atomic E-state index is 12.8. The van der Waals surface area contributed by atoms with Gasteiger partial charge in [-0.05, 0) is 36.1 Å². The molecule has 5 nitrogen and oxygen atoms in total. The number of hydrogen-bond donors (Lipinski definition) is 2. The van der Waals surface area contributed by atoms with E-state index in [2.05, 4.69) is 10.3 Å². The predicted octanol–water partition coefficient (Wildman–Crippen LogP) is 5.26. The van der Waals surface area contributed by atoms with Gasteiger partial charge in [0.25, 0.3) is 0 Å². The monoisotopic (exact) mass is 523 g/mol. The zero-order valence-corrected chi connectivity index (χ0v) is 18.7. The Bertz CT molecular complexity index is 829. The number of anilines is 1. The molecule has 29 heavy (non-hydrogen) atoms. The van der Waals surface area contributed by atoms with Crippen LogP contribution in [0.1, 0.15) is 30.4 Å². The molecule has 0 aromatic heterocycles. The summed E-state index contributed by atoms with van der Waals surface area (Å²) in [5.41, 5.74) is 6.56. The molecule has 1 atom stereocenters. The average Bonchev–Trinajstić information content (AvgIpc) is 2.67. The molecule has 0 bridgehead atoms. The van der Waals surface area contributed by atoms with Crippen molar-refractivity contribution in [1.29, 1.82) is 0 Å². The van der Waals surface area contributed by atoms with E-state index >= 15 is 0 Å². The molecular weight excluding hydrogens is 498 g/mol. The first-order chi connectivity index (χ1) is 13.2.